The number of β-amino-alcohol motifs (C(OH)–C–C–N with tert-alkyl or cyclic N) is 1. The number of nitrogens with zero attached hydrogens (tertiary/aromatic N) is 4. The minimum atomic E-state index is -1.04. The lowest BCUT2D eigenvalue weighted by molar-refractivity contribution is -0.139. The Morgan fingerprint density at radius 3 is 2.19 bits per heavy atom. The summed E-state index contributed by atoms with van der Waals surface area (Å²) < 4.78 is 19.5. The van der Waals surface area contributed by atoms with Gasteiger partial charge in [0.15, 0.2) is 0 Å². The number of hydrogen-bond acceptors (Lipinski definition) is 14. The molecule has 0 unspecified atom stereocenters. The summed E-state index contributed by atoms with van der Waals surface area (Å²) >= 11 is 3.11. The number of rotatable bonds is 31. The number of likely N-dealkylation sites (tertiary alicyclic amines) is 1. The molecule has 0 spiro atoms. The maximum atomic E-state index is 13.8. The number of aromatic nitrogens is 2. The normalized spacial score (nSPS) is 17.4. The summed E-state index contributed by atoms with van der Waals surface area (Å²) in [5.41, 5.74) is 7.29. The number of thiophene rings is 1. The van der Waals surface area contributed by atoms with E-state index in [1.165, 1.54) is 16.2 Å². The van der Waals surface area contributed by atoms with Crippen LogP contribution in [0.15, 0.2) is 71.6 Å². The van der Waals surface area contributed by atoms with Gasteiger partial charge in [0.05, 0.1) is 78.0 Å². The zero-order valence-corrected chi connectivity index (χ0v) is 51.1. The van der Waals surface area contributed by atoms with Crippen LogP contribution < -0.4 is 31.5 Å². The molecule has 0 radical (unpaired) electrons. The summed E-state index contributed by atoms with van der Waals surface area (Å²) in [6.45, 7) is 14.9. The molecule has 7 rings (SSSR count). The van der Waals surface area contributed by atoms with Crippen molar-refractivity contribution in [3.63, 3.8) is 0 Å². The SMILES string of the molecule is CCN(C(=O)Cn1c(C(=O)N[C@H]2CC[C@H](C(=O)NCCCCCC(=O)NCCOCCOCCOCCC(=O)N[C@@H](C(=O)N3C[C@@H](O)[C@H](C(=O)NCc4ccc(-c5scnc5C)cc4)C3)C(C)(C)C)CC2)cc2sccc21)c1cccc(C)c1. The van der Waals surface area contributed by atoms with Gasteiger partial charge in [-0.15, -0.1) is 22.7 Å². The monoisotopic (exact) mass is 1200 g/mol. The summed E-state index contributed by atoms with van der Waals surface area (Å²) in [6, 6.07) is 18.6. The number of carbonyl (C=O) groups excluding carboxylic acids is 7. The van der Waals surface area contributed by atoms with Crippen LogP contribution in [0.5, 0.6) is 0 Å². The van der Waals surface area contributed by atoms with Crippen molar-refractivity contribution < 1.29 is 52.9 Å². The number of hydrogen-bond donors (Lipinski definition) is 6. The van der Waals surface area contributed by atoms with Crippen molar-refractivity contribution in [2.75, 3.05) is 77.3 Å². The first-order valence-electron chi connectivity index (χ1n) is 29.5. The molecule has 7 amide bonds. The fourth-order valence-electron chi connectivity index (χ4n) is 10.6. The van der Waals surface area contributed by atoms with Crippen molar-refractivity contribution in [3.05, 3.63) is 94.1 Å². The molecular formula is C62H85N9O11S2. The number of anilines is 1. The highest BCUT2D eigenvalue weighted by Gasteiger charge is 2.43. The third-order valence-electron chi connectivity index (χ3n) is 15.4. The van der Waals surface area contributed by atoms with E-state index in [2.05, 4.69) is 31.6 Å². The van der Waals surface area contributed by atoms with Crippen molar-refractivity contribution in [2.45, 2.75) is 131 Å². The molecular weight excluding hydrogens is 1110 g/mol. The molecule has 20 nitrogen and oxygen atoms in total. The van der Waals surface area contributed by atoms with Gasteiger partial charge in [0.1, 0.15) is 18.3 Å². The number of fused-ring (bicyclic) bond motifs is 1. The van der Waals surface area contributed by atoms with Crippen LogP contribution in [0.2, 0.25) is 0 Å². The van der Waals surface area contributed by atoms with Gasteiger partial charge in [-0.05, 0) is 111 Å². The second-order valence-corrected chi connectivity index (χ2v) is 24.6. The molecule has 6 N–H and O–H groups in total. The number of nitrogens with one attached hydrogen (secondary N) is 5. The van der Waals surface area contributed by atoms with Gasteiger partial charge < -0.3 is 60.3 Å². The molecule has 1 saturated heterocycles. The van der Waals surface area contributed by atoms with Crippen LogP contribution in [0.1, 0.15) is 113 Å². The number of likely N-dealkylation sites (N-methyl/N-ethyl adjacent to an activating group) is 1. The highest BCUT2D eigenvalue weighted by Crippen LogP contribution is 2.31. The number of aliphatic hydroxyl groups is 1. The number of thiazole rings is 1. The van der Waals surface area contributed by atoms with Crippen LogP contribution in [0, 0.1) is 31.1 Å². The number of aryl methyl sites for hydroxylation is 2. The molecule has 456 valence electrons. The lowest BCUT2D eigenvalue weighted by atomic mass is 9.85. The first-order valence-corrected chi connectivity index (χ1v) is 31.2. The number of amides is 7. The second-order valence-electron chi connectivity index (χ2n) is 22.8. The average molecular weight is 1200 g/mol. The van der Waals surface area contributed by atoms with Crippen LogP contribution in [0.3, 0.4) is 0 Å². The first-order chi connectivity index (χ1) is 40.4. The van der Waals surface area contributed by atoms with E-state index in [-0.39, 0.29) is 99.1 Å². The Morgan fingerprint density at radius 2 is 1.50 bits per heavy atom. The molecule has 5 aromatic rings. The van der Waals surface area contributed by atoms with Crippen LogP contribution in [-0.2, 0) is 56.1 Å². The Labute approximate surface area is 501 Å². The van der Waals surface area contributed by atoms with E-state index in [9.17, 15) is 38.7 Å². The van der Waals surface area contributed by atoms with Crippen molar-refractivity contribution in [3.8, 4) is 10.4 Å². The maximum absolute atomic E-state index is 13.8. The molecule has 2 aromatic carbocycles. The molecule has 84 heavy (non-hydrogen) atoms. The first kappa shape index (κ1) is 65.0. The van der Waals surface area contributed by atoms with Crippen molar-refractivity contribution in [1.82, 2.24) is 41.0 Å². The zero-order chi connectivity index (χ0) is 60.2. The van der Waals surface area contributed by atoms with Gasteiger partial charge in [-0.3, -0.25) is 33.6 Å². The highest BCUT2D eigenvalue weighted by atomic mass is 32.1. The minimum Gasteiger partial charge on any atom is -0.390 e. The van der Waals surface area contributed by atoms with Gasteiger partial charge in [-0.2, -0.15) is 0 Å². The van der Waals surface area contributed by atoms with E-state index in [0.29, 0.717) is 90.3 Å². The van der Waals surface area contributed by atoms with Gasteiger partial charge >= 0.3 is 0 Å². The zero-order valence-electron chi connectivity index (χ0n) is 49.5. The van der Waals surface area contributed by atoms with Gasteiger partial charge in [-0.1, -0.05) is 63.6 Å². The number of unbranched alkanes of at least 4 members (excludes halogenated alkanes) is 2. The summed E-state index contributed by atoms with van der Waals surface area (Å²) in [5.74, 6) is -2.34. The Balaban J connectivity index is 0.662. The molecule has 2 aliphatic rings. The topological polar surface area (TPSA) is 252 Å². The smallest absolute Gasteiger partial charge is 0.268 e. The quantitative estimate of drug-likeness (QED) is 0.0254. The molecule has 1 aliphatic carbocycles. The van der Waals surface area contributed by atoms with E-state index in [0.717, 1.165) is 56.0 Å². The summed E-state index contributed by atoms with van der Waals surface area (Å²) in [5, 5.41) is 27.7. The lowest BCUT2D eigenvalue weighted by Crippen LogP contribution is -2.54. The standard InChI is InChI=1S/C62H85N9O11S2/c1-7-70(47-13-11-12-41(2)34-47)55(75)39-71-49-24-33-83-52(49)35-50(71)60(78)67-46-21-19-45(20-22-46)58(76)64-25-10-8-9-14-53(73)63-26-28-81-30-32-82-31-29-80-27-23-54(74)68-57(62(4,5)6)61(79)69-37-48(51(72)38-69)59(77)65-36-43-15-17-44(18-16-43)56-42(3)66-40-84-56/h11-13,15-18,24,33-35,40,45-46,48,51,57,72H,7-10,14,19-23,25-32,36-39H2,1-6H3,(H,63,73)(H,64,76)(H,65,77)(H,67,78)(H,68,74)/t45-,46-,48-,51-,57+/m1/s1. The van der Waals surface area contributed by atoms with Crippen LogP contribution in [0.25, 0.3) is 20.7 Å². The van der Waals surface area contributed by atoms with E-state index in [1.807, 2.05) is 118 Å². The Bertz CT molecular complexity index is 2980. The third kappa shape index (κ3) is 19.0. The summed E-state index contributed by atoms with van der Waals surface area (Å²) in [6.07, 6.45) is 4.34. The van der Waals surface area contributed by atoms with E-state index >= 15 is 0 Å². The molecule has 22 heteroatoms. The third-order valence-corrected chi connectivity index (χ3v) is 17.2. The van der Waals surface area contributed by atoms with Crippen LogP contribution in [0.4, 0.5) is 5.69 Å². The largest absolute Gasteiger partial charge is 0.390 e. The molecule has 0 bridgehead atoms. The minimum absolute atomic E-state index is 0.0172. The maximum Gasteiger partial charge on any atom is 0.268 e. The number of benzene rings is 2. The van der Waals surface area contributed by atoms with Gasteiger partial charge in [0.2, 0.25) is 35.4 Å². The van der Waals surface area contributed by atoms with E-state index in [4.69, 9.17) is 14.2 Å². The summed E-state index contributed by atoms with van der Waals surface area (Å²) in [4.78, 5) is 101. The van der Waals surface area contributed by atoms with E-state index in [1.54, 1.807) is 16.2 Å². The average Bonchev–Trinajstić information content (AvgIpc) is 4.47. The fraction of sp³-hybridized carbons (Fsp3) is 0.548. The number of carbonyl (C=O) groups is 7. The molecule has 1 aliphatic heterocycles. The second kappa shape index (κ2) is 32.1. The summed E-state index contributed by atoms with van der Waals surface area (Å²) in [7, 11) is 0. The van der Waals surface area contributed by atoms with Crippen LogP contribution >= 0.6 is 22.7 Å². The molecule has 4 heterocycles. The van der Waals surface area contributed by atoms with Gasteiger partial charge in [0, 0.05) is 69.8 Å². The molecule has 2 fully saturated rings. The van der Waals surface area contributed by atoms with E-state index < -0.39 is 23.5 Å². The van der Waals surface area contributed by atoms with Crippen molar-refractivity contribution in [1.29, 1.82) is 0 Å². The molecule has 3 atom stereocenters. The van der Waals surface area contributed by atoms with Crippen molar-refractivity contribution >= 4 is 79.9 Å². The Kier molecular flexibility index (Phi) is 24.8. The predicted octanol–water partition coefficient (Wildman–Crippen LogP) is 6.68. The number of aliphatic hydroxyl groups excluding tert-OH is 1. The van der Waals surface area contributed by atoms with Crippen molar-refractivity contribution in [2.24, 2.45) is 17.3 Å². The highest BCUT2D eigenvalue weighted by molar-refractivity contribution is 7.17. The predicted molar refractivity (Wildman–Crippen MR) is 325 cm³/mol. The fourth-order valence-corrected chi connectivity index (χ4v) is 12.2. The molecule has 3 aromatic heterocycles. The lowest BCUT2D eigenvalue weighted by Gasteiger charge is -2.33. The number of ether oxygens (including phenoxy) is 3. The van der Waals surface area contributed by atoms with Gasteiger partial charge in [0.25, 0.3) is 5.91 Å². The molecule has 1 saturated carbocycles. The van der Waals surface area contributed by atoms with Crippen LogP contribution in [-0.4, -0.2) is 151 Å². The van der Waals surface area contributed by atoms with Gasteiger partial charge in [-0.25, -0.2) is 4.98 Å². The Hall–Kier alpha value is -6.56. The Morgan fingerprint density at radius 1 is 0.774 bits per heavy atom.